The standard InChI is InChI=1S/C30H32N6O3.C26H30N6O3.C24H28N6O3/c1-2-25(37)32-23-10-6-7-11-24(23)33-27-31-18-22-20-36(29-12-15-30(39,16-13-29)17-14-29)28(38)35(26(22)34-27)19-21-8-4-3-5-9-21;1-2-21(33)28-19-5-3-4-6-20(19)29-23-27-15-17-16-31(24(34)32(18-7-8-18)22(17)30-23)25-9-12-26(35,13-10-25)14-11-25;1-3-19(31)26-17-6-4-5-7-18(17)27-21-25-14-16-15-30(22(32)29(2)20(16)28-21)23-8-11-24(33,12-9-23)13-10-23/h2-11,18,39H,1,12-17,19-20H2,(H,32,37)(H,31,33,34);2-6,15,18,35H,1,7-14,16H2,(H,28,33)(H,27,29,30);3-7,14,33H,1,8-13,15H2,2H3,(H,26,31)(H,25,27,28). The molecule has 9 amide bonds. The molecule has 107 heavy (non-hydrogen) atoms. The number of para-hydroxylation sites is 6. The van der Waals surface area contributed by atoms with Crippen LogP contribution in [0.15, 0.2) is 160 Å². The van der Waals surface area contributed by atoms with Crippen LogP contribution in [0.3, 0.4) is 0 Å². The molecule has 0 spiro atoms. The molecule has 27 nitrogen and oxygen atoms in total. The van der Waals surface area contributed by atoms with Crippen LogP contribution in [0.25, 0.3) is 0 Å². The second-order valence-electron chi connectivity index (χ2n) is 30.4. The van der Waals surface area contributed by atoms with E-state index in [4.69, 9.17) is 9.97 Å². The number of benzene rings is 4. The van der Waals surface area contributed by atoms with Crippen LogP contribution in [-0.2, 0) is 40.6 Å². The fourth-order valence-corrected chi connectivity index (χ4v) is 17.2. The van der Waals surface area contributed by atoms with Crippen LogP contribution in [-0.4, -0.2) is 142 Å². The van der Waals surface area contributed by atoms with Crippen LogP contribution in [0.1, 0.15) is 151 Å². The second-order valence-corrected chi connectivity index (χ2v) is 30.4. The van der Waals surface area contributed by atoms with Crippen LogP contribution < -0.4 is 46.6 Å². The third kappa shape index (κ3) is 14.3. The SMILES string of the molecule is C=CC(=O)Nc1ccccc1Nc1ncc2c(n1)N(C)C(=O)N(C13CCC(O)(CC1)CC3)C2.C=CC(=O)Nc1ccccc1Nc1ncc2c(n1)N(C1CC1)C(=O)N(C13CCC(O)(CC1)CC3)C2.C=CC(=O)Nc1ccccc1Nc1ncc2c(n1)N(Cc1ccccc1)C(=O)N(C13CCC(O)(CC1)CC3)C2. The zero-order valence-electron chi connectivity index (χ0n) is 60.1. The molecule has 10 fully saturated rings. The maximum Gasteiger partial charge on any atom is 0.326 e. The smallest absolute Gasteiger partial charge is 0.326 e. The predicted molar refractivity (Wildman–Crippen MR) is 407 cm³/mol. The molecule has 13 aliphatic rings. The minimum absolute atomic E-state index is 0.0237. The second kappa shape index (κ2) is 28.6. The molecule has 3 aliphatic heterocycles. The van der Waals surface area contributed by atoms with Crippen molar-refractivity contribution in [3.8, 4) is 0 Å². The van der Waals surface area contributed by atoms with Crippen molar-refractivity contribution >= 4 is 105 Å². The first kappa shape index (κ1) is 71.5. The molecule has 7 aromatic rings. The van der Waals surface area contributed by atoms with E-state index < -0.39 is 16.8 Å². The highest BCUT2D eigenvalue weighted by Gasteiger charge is 2.57. The lowest BCUT2D eigenvalue weighted by Gasteiger charge is -2.57. The van der Waals surface area contributed by atoms with Crippen LogP contribution in [0.2, 0.25) is 0 Å². The summed E-state index contributed by atoms with van der Waals surface area (Å²) < 4.78 is 0. The number of anilines is 12. The van der Waals surface area contributed by atoms with Crippen molar-refractivity contribution in [3.63, 3.8) is 0 Å². The third-order valence-corrected chi connectivity index (χ3v) is 23.9. The molecule has 9 N–H and O–H groups in total. The Labute approximate surface area is 620 Å². The highest BCUT2D eigenvalue weighted by atomic mass is 16.3. The number of rotatable bonds is 18. The van der Waals surface area contributed by atoms with Gasteiger partial charge >= 0.3 is 18.1 Å². The Morgan fingerprint density at radius 1 is 0.430 bits per heavy atom. The summed E-state index contributed by atoms with van der Waals surface area (Å²) in [6.07, 6.45) is 25.0. The fraction of sp³-hybridized carbons (Fsp3) is 0.400. The predicted octanol–water partition coefficient (Wildman–Crippen LogP) is 12.8. The normalized spacial score (nSPS) is 25.7. The van der Waals surface area contributed by atoms with Crippen molar-refractivity contribution in [1.82, 2.24) is 44.6 Å². The molecule has 3 aromatic heterocycles. The van der Waals surface area contributed by atoms with Gasteiger partial charge in [0.15, 0.2) is 0 Å². The molecule has 27 heteroatoms. The fourth-order valence-electron chi connectivity index (χ4n) is 17.2. The first-order valence-corrected chi connectivity index (χ1v) is 37.0. The highest BCUT2D eigenvalue weighted by molar-refractivity contribution is 6.03. The van der Waals surface area contributed by atoms with Gasteiger partial charge in [-0.2, -0.15) is 15.0 Å². The molecule has 554 valence electrons. The van der Waals surface area contributed by atoms with Crippen molar-refractivity contribution in [2.75, 3.05) is 53.6 Å². The molecule has 10 aliphatic carbocycles. The largest absolute Gasteiger partial charge is 0.390 e. The molecule has 0 unspecified atom stereocenters. The average molecular weight is 1450 g/mol. The van der Waals surface area contributed by atoms with E-state index in [1.807, 2.05) is 111 Å². The number of fused-ring (bicyclic) bond motifs is 12. The van der Waals surface area contributed by atoms with Gasteiger partial charge in [-0.25, -0.2) is 29.3 Å². The topological polar surface area (TPSA) is 332 Å². The molecule has 6 heterocycles. The van der Waals surface area contributed by atoms with E-state index in [0.29, 0.717) is 95.6 Å². The summed E-state index contributed by atoms with van der Waals surface area (Å²) >= 11 is 0. The molecule has 4 aromatic carbocycles. The van der Waals surface area contributed by atoms with Gasteiger partial charge in [0.25, 0.3) is 0 Å². The van der Waals surface area contributed by atoms with E-state index in [1.165, 1.54) is 18.2 Å². The molecule has 0 saturated heterocycles. The van der Waals surface area contributed by atoms with Gasteiger partial charge in [-0.3, -0.25) is 29.1 Å². The Balaban J connectivity index is 0.000000129. The molecule has 10 saturated carbocycles. The van der Waals surface area contributed by atoms with E-state index in [-0.39, 0.29) is 58.5 Å². The zero-order valence-corrected chi connectivity index (χ0v) is 60.1. The Bertz CT molecular complexity index is 4610. The van der Waals surface area contributed by atoms with Gasteiger partial charge in [0.1, 0.15) is 17.5 Å². The Morgan fingerprint density at radius 2 is 0.748 bits per heavy atom. The minimum Gasteiger partial charge on any atom is -0.390 e. The van der Waals surface area contributed by atoms with E-state index in [1.54, 1.807) is 47.4 Å². The summed E-state index contributed by atoms with van der Waals surface area (Å²) in [6, 6.07) is 31.7. The molecular formula is C80H90N18O9. The monoisotopic (exact) mass is 1450 g/mol. The Morgan fingerprint density at radius 3 is 1.12 bits per heavy atom. The van der Waals surface area contributed by atoms with Crippen LogP contribution in [0, 0.1) is 0 Å². The summed E-state index contributed by atoms with van der Waals surface area (Å²) in [7, 11) is 1.74. The van der Waals surface area contributed by atoms with Gasteiger partial charge in [-0.1, -0.05) is 86.5 Å². The van der Waals surface area contributed by atoms with Crippen LogP contribution in [0.4, 0.5) is 83.8 Å². The maximum atomic E-state index is 14.2. The van der Waals surface area contributed by atoms with Crippen molar-refractivity contribution in [1.29, 1.82) is 0 Å². The summed E-state index contributed by atoms with van der Waals surface area (Å²) in [5.41, 5.74) is 5.05. The van der Waals surface area contributed by atoms with E-state index >= 15 is 0 Å². The lowest BCUT2D eigenvalue weighted by Crippen LogP contribution is -2.64. The quantitative estimate of drug-likeness (QED) is 0.0360. The number of carbonyl (C=O) groups is 6. The number of aliphatic hydroxyl groups is 3. The first-order chi connectivity index (χ1) is 51.6. The maximum absolute atomic E-state index is 14.2. The molecule has 6 bridgehead atoms. The highest BCUT2D eigenvalue weighted by Crippen LogP contribution is 2.55. The zero-order chi connectivity index (χ0) is 74.5. The lowest BCUT2D eigenvalue weighted by atomic mass is 9.62. The van der Waals surface area contributed by atoms with Gasteiger partial charge in [0, 0.05) is 65.0 Å². The van der Waals surface area contributed by atoms with Crippen molar-refractivity contribution in [2.45, 2.75) is 194 Å². The Hall–Kier alpha value is -11.2. The van der Waals surface area contributed by atoms with E-state index in [9.17, 15) is 44.1 Å². The summed E-state index contributed by atoms with van der Waals surface area (Å²) in [5.74, 6) is 1.90. The first-order valence-electron chi connectivity index (χ1n) is 37.0. The summed E-state index contributed by atoms with van der Waals surface area (Å²) in [6.45, 7) is 12.3. The third-order valence-electron chi connectivity index (χ3n) is 23.9. The summed E-state index contributed by atoms with van der Waals surface area (Å²) in [4.78, 5) is 116. The molecule has 0 atom stereocenters. The number of nitrogens with zero attached hydrogens (tertiary/aromatic N) is 12. The molecule has 0 radical (unpaired) electrons. The van der Waals surface area contributed by atoms with E-state index in [0.717, 1.165) is 151 Å². The summed E-state index contributed by atoms with van der Waals surface area (Å²) in [5, 5.41) is 49.9. The van der Waals surface area contributed by atoms with Gasteiger partial charge < -0.3 is 61.9 Å². The van der Waals surface area contributed by atoms with Gasteiger partial charge in [0.05, 0.1) is 77.1 Å². The van der Waals surface area contributed by atoms with Gasteiger partial charge in [0.2, 0.25) is 35.6 Å². The van der Waals surface area contributed by atoms with E-state index in [2.05, 4.69) is 71.6 Å². The van der Waals surface area contributed by atoms with Crippen molar-refractivity contribution in [2.24, 2.45) is 0 Å². The van der Waals surface area contributed by atoms with Crippen molar-refractivity contribution in [3.05, 3.63) is 182 Å². The van der Waals surface area contributed by atoms with Crippen molar-refractivity contribution < 1.29 is 44.1 Å². The number of carbonyl (C=O) groups excluding carboxylic acids is 6. The molecule has 20 rings (SSSR count). The minimum atomic E-state index is -0.576. The molecular weight excluding hydrogens is 1360 g/mol. The number of hydrogen-bond donors (Lipinski definition) is 9. The lowest BCUT2D eigenvalue weighted by molar-refractivity contribution is -0.112. The van der Waals surface area contributed by atoms with Gasteiger partial charge in [-0.05, 0) is 189 Å². The number of urea groups is 3. The number of amides is 9. The number of nitrogens with one attached hydrogen (secondary N) is 6. The average Bonchev–Trinajstić information content (AvgIpc) is 1.69. The number of hydrogen-bond acceptors (Lipinski definition) is 18. The Kier molecular flexibility index (Phi) is 19.1. The van der Waals surface area contributed by atoms with Gasteiger partial charge in [-0.15, -0.1) is 0 Å². The number of aromatic nitrogens is 6. The van der Waals surface area contributed by atoms with Crippen LogP contribution >= 0.6 is 0 Å². The van der Waals surface area contributed by atoms with Crippen LogP contribution in [0.5, 0.6) is 0 Å².